The second-order valence-corrected chi connectivity index (χ2v) is 6.40. The van der Waals surface area contributed by atoms with Crippen LogP contribution in [0, 0.1) is 16.0 Å². The monoisotopic (exact) mass is 361 g/mol. The molecule has 1 heterocycles. The molecule has 3 amide bonds. The fourth-order valence-corrected chi connectivity index (χ4v) is 2.94. The summed E-state index contributed by atoms with van der Waals surface area (Å²) in [6.07, 6.45) is 4.14. The van der Waals surface area contributed by atoms with Crippen LogP contribution in [0.15, 0.2) is 18.2 Å². The first-order valence-electron chi connectivity index (χ1n) is 8.80. The number of imide groups is 1. The number of nitrogens with one attached hydrogen (secondary N) is 1. The van der Waals surface area contributed by atoms with Crippen LogP contribution in [0.25, 0.3) is 0 Å². The van der Waals surface area contributed by atoms with Crippen molar-refractivity contribution in [3.8, 4) is 0 Å². The second-order valence-electron chi connectivity index (χ2n) is 6.40. The Hall–Kier alpha value is -2.77. The predicted molar refractivity (Wildman–Crippen MR) is 94.8 cm³/mol. The Morgan fingerprint density at radius 2 is 1.92 bits per heavy atom. The van der Waals surface area contributed by atoms with E-state index in [1.165, 1.54) is 12.1 Å². The highest BCUT2D eigenvalue weighted by Gasteiger charge is 2.37. The van der Waals surface area contributed by atoms with Gasteiger partial charge in [-0.15, -0.1) is 0 Å². The van der Waals surface area contributed by atoms with E-state index >= 15 is 0 Å². The van der Waals surface area contributed by atoms with Gasteiger partial charge in [0.25, 0.3) is 17.5 Å². The third-order valence-corrected chi connectivity index (χ3v) is 4.60. The Morgan fingerprint density at radius 3 is 2.54 bits per heavy atom. The minimum Gasteiger partial charge on any atom is -0.354 e. The molecule has 1 aromatic rings. The molecular weight excluding hydrogens is 338 g/mol. The first-order valence-corrected chi connectivity index (χ1v) is 8.80. The molecular formula is C18H23N3O5. The van der Waals surface area contributed by atoms with Crippen molar-refractivity contribution >= 4 is 23.4 Å². The van der Waals surface area contributed by atoms with Gasteiger partial charge in [-0.25, -0.2) is 0 Å². The Labute approximate surface area is 151 Å². The van der Waals surface area contributed by atoms with Crippen LogP contribution in [0.3, 0.4) is 0 Å². The lowest BCUT2D eigenvalue weighted by Gasteiger charge is -2.17. The lowest BCUT2D eigenvalue weighted by Crippen LogP contribution is -2.41. The molecule has 0 aromatic heterocycles. The van der Waals surface area contributed by atoms with Gasteiger partial charge in [0.2, 0.25) is 5.91 Å². The van der Waals surface area contributed by atoms with Crippen molar-refractivity contribution < 1.29 is 19.3 Å². The van der Waals surface area contributed by atoms with Gasteiger partial charge in [-0.1, -0.05) is 33.1 Å². The number of benzene rings is 1. The zero-order valence-corrected chi connectivity index (χ0v) is 15.0. The van der Waals surface area contributed by atoms with Crippen molar-refractivity contribution in [2.24, 2.45) is 5.92 Å². The van der Waals surface area contributed by atoms with Gasteiger partial charge in [-0.3, -0.25) is 29.4 Å². The summed E-state index contributed by atoms with van der Waals surface area (Å²) in [6.45, 7) is 4.29. The number of nitro benzene ring substituents is 1. The molecule has 0 saturated heterocycles. The summed E-state index contributed by atoms with van der Waals surface area (Å²) in [5.41, 5.74) is -0.216. The summed E-state index contributed by atoms with van der Waals surface area (Å²) < 4.78 is 0. The smallest absolute Gasteiger partial charge is 0.270 e. The molecule has 1 N–H and O–H groups in total. The highest BCUT2D eigenvalue weighted by Crippen LogP contribution is 2.26. The van der Waals surface area contributed by atoms with Crippen molar-refractivity contribution in [3.05, 3.63) is 39.4 Å². The third kappa shape index (κ3) is 4.25. The fraction of sp³-hybridized carbons (Fsp3) is 0.500. The van der Waals surface area contributed by atoms with E-state index in [2.05, 4.69) is 19.2 Å². The molecule has 8 heteroatoms. The summed E-state index contributed by atoms with van der Waals surface area (Å²) in [5, 5.41) is 13.6. The van der Waals surface area contributed by atoms with Gasteiger partial charge in [-0.2, -0.15) is 0 Å². The summed E-state index contributed by atoms with van der Waals surface area (Å²) in [7, 11) is 0. The van der Waals surface area contributed by atoms with Gasteiger partial charge >= 0.3 is 0 Å². The topological polar surface area (TPSA) is 110 Å². The molecule has 0 saturated carbocycles. The van der Waals surface area contributed by atoms with E-state index in [9.17, 15) is 24.5 Å². The molecule has 0 spiro atoms. The van der Waals surface area contributed by atoms with E-state index in [1.54, 1.807) is 0 Å². The lowest BCUT2D eigenvalue weighted by molar-refractivity contribution is -0.384. The van der Waals surface area contributed by atoms with Gasteiger partial charge in [0.1, 0.15) is 6.54 Å². The molecule has 0 aliphatic carbocycles. The molecule has 0 radical (unpaired) electrons. The quantitative estimate of drug-likeness (QED) is 0.413. The van der Waals surface area contributed by atoms with Gasteiger partial charge in [0.05, 0.1) is 16.1 Å². The van der Waals surface area contributed by atoms with Crippen LogP contribution in [0.5, 0.6) is 0 Å². The maximum absolute atomic E-state index is 12.4. The number of hydrogen-bond donors (Lipinski definition) is 1. The Balaban J connectivity index is 1.99. The summed E-state index contributed by atoms with van der Waals surface area (Å²) in [4.78, 5) is 47.8. The number of nitrogens with zero attached hydrogens (tertiary/aromatic N) is 2. The zero-order chi connectivity index (χ0) is 19.3. The fourth-order valence-electron chi connectivity index (χ4n) is 2.94. The number of carbonyl (C=O) groups is 3. The number of amides is 3. The van der Waals surface area contributed by atoms with E-state index in [-0.39, 0.29) is 23.4 Å². The highest BCUT2D eigenvalue weighted by atomic mass is 16.6. The average molecular weight is 361 g/mol. The van der Waals surface area contributed by atoms with Gasteiger partial charge < -0.3 is 5.32 Å². The third-order valence-electron chi connectivity index (χ3n) is 4.60. The van der Waals surface area contributed by atoms with Crippen molar-refractivity contribution in [1.29, 1.82) is 0 Å². The Kier molecular flexibility index (Phi) is 6.43. The van der Waals surface area contributed by atoms with Crippen LogP contribution in [0.2, 0.25) is 0 Å². The number of hydrogen-bond acceptors (Lipinski definition) is 5. The van der Waals surface area contributed by atoms with E-state index in [0.29, 0.717) is 12.5 Å². The van der Waals surface area contributed by atoms with Gasteiger partial charge in [0.15, 0.2) is 0 Å². The van der Waals surface area contributed by atoms with Crippen LogP contribution in [0.1, 0.15) is 60.2 Å². The van der Waals surface area contributed by atoms with Crippen molar-refractivity contribution in [3.63, 3.8) is 0 Å². The summed E-state index contributed by atoms with van der Waals surface area (Å²) >= 11 is 0. The Morgan fingerprint density at radius 1 is 1.23 bits per heavy atom. The first-order chi connectivity index (χ1) is 12.4. The number of rotatable bonds is 9. The van der Waals surface area contributed by atoms with E-state index in [0.717, 1.165) is 36.6 Å². The molecule has 1 atom stereocenters. The number of nitro groups is 1. The van der Waals surface area contributed by atoms with Crippen LogP contribution >= 0.6 is 0 Å². The summed E-state index contributed by atoms with van der Waals surface area (Å²) in [5.74, 6) is -1.33. The molecule has 140 valence electrons. The molecule has 0 fully saturated rings. The Bertz CT molecular complexity index is 732. The number of fused-ring (bicyclic) bond motifs is 1. The minimum absolute atomic E-state index is 0.0358. The molecule has 1 aromatic carbocycles. The van der Waals surface area contributed by atoms with E-state index < -0.39 is 22.6 Å². The highest BCUT2D eigenvalue weighted by molar-refractivity contribution is 6.22. The average Bonchev–Trinajstić information content (AvgIpc) is 2.86. The van der Waals surface area contributed by atoms with Crippen LogP contribution in [0.4, 0.5) is 5.69 Å². The van der Waals surface area contributed by atoms with Crippen LogP contribution in [-0.4, -0.2) is 40.6 Å². The molecule has 1 aliphatic heterocycles. The second kappa shape index (κ2) is 8.55. The van der Waals surface area contributed by atoms with Gasteiger partial charge in [0, 0.05) is 18.7 Å². The zero-order valence-electron chi connectivity index (χ0n) is 15.0. The molecule has 1 aliphatic rings. The van der Waals surface area contributed by atoms with E-state index in [4.69, 9.17) is 0 Å². The minimum atomic E-state index is -0.679. The lowest BCUT2D eigenvalue weighted by atomic mass is 9.99. The molecule has 0 unspecified atom stereocenters. The summed E-state index contributed by atoms with van der Waals surface area (Å²) in [6, 6.07) is 3.50. The standard InChI is InChI=1S/C18H23N3O5/c1-3-5-6-12(4-2)10-19-16(22)11-20-17(23)14-8-7-13(21(25)26)9-15(14)18(20)24/h7-9,12H,3-6,10-11H2,1-2H3,(H,19,22)/t12-/m1/s1. The van der Waals surface area contributed by atoms with Crippen LogP contribution in [-0.2, 0) is 4.79 Å². The van der Waals surface area contributed by atoms with Crippen molar-refractivity contribution in [2.45, 2.75) is 39.5 Å². The number of carbonyl (C=O) groups excluding carboxylic acids is 3. The molecule has 0 bridgehead atoms. The normalized spacial score (nSPS) is 14.3. The molecule has 8 nitrogen and oxygen atoms in total. The van der Waals surface area contributed by atoms with Gasteiger partial charge in [-0.05, 0) is 18.4 Å². The molecule has 2 rings (SSSR count). The first kappa shape index (κ1) is 19.6. The van der Waals surface area contributed by atoms with E-state index in [1.807, 2.05) is 0 Å². The largest absolute Gasteiger partial charge is 0.354 e. The molecule has 26 heavy (non-hydrogen) atoms. The predicted octanol–water partition coefficient (Wildman–Crippen LogP) is 2.52. The van der Waals surface area contributed by atoms with Crippen molar-refractivity contribution in [2.75, 3.05) is 13.1 Å². The maximum atomic E-state index is 12.4. The SMILES string of the molecule is CCCC[C@@H](CC)CNC(=O)CN1C(=O)c2ccc([N+](=O)[O-])cc2C1=O. The van der Waals surface area contributed by atoms with Crippen LogP contribution < -0.4 is 5.32 Å². The number of non-ortho nitro benzene ring substituents is 1. The maximum Gasteiger partial charge on any atom is 0.270 e. The number of unbranched alkanes of at least 4 members (excludes halogenated alkanes) is 1. The van der Waals surface area contributed by atoms with Crippen molar-refractivity contribution in [1.82, 2.24) is 10.2 Å².